The number of hydrogen-bond donors (Lipinski definition) is 4. The first-order valence-electron chi connectivity index (χ1n) is 3.24. The minimum absolute atomic E-state index is 0.160. The van der Waals surface area contributed by atoms with Crippen molar-refractivity contribution in [3.63, 3.8) is 0 Å². The summed E-state index contributed by atoms with van der Waals surface area (Å²) in [5, 5.41) is 9.58. The minimum Gasteiger partial charge on any atom is -0.395 e. The molecule has 1 atom stereocenters. The van der Waals surface area contributed by atoms with E-state index >= 15 is 0 Å². The van der Waals surface area contributed by atoms with E-state index in [1.807, 2.05) is 0 Å². The summed E-state index contributed by atoms with van der Waals surface area (Å²) < 4.78 is 32.7. The summed E-state index contributed by atoms with van der Waals surface area (Å²) in [6.45, 7) is 0. The van der Waals surface area contributed by atoms with Gasteiger partial charge < -0.3 is 16.6 Å². The molecule has 1 aliphatic heterocycles. The molecule has 0 aromatic rings. The Kier molecular flexibility index (Phi) is 2.62. The van der Waals surface area contributed by atoms with Gasteiger partial charge in [-0.05, 0) is 0 Å². The molecule has 1 heterocycles. The molecular weight excluding hydrogens is 216 g/mol. The third-order valence-corrected chi connectivity index (χ3v) is 1.67. The Morgan fingerprint density at radius 2 is 2.14 bits per heavy atom. The summed E-state index contributed by atoms with van der Waals surface area (Å²) >= 11 is 0. The molecule has 0 aliphatic carbocycles. The van der Waals surface area contributed by atoms with Gasteiger partial charge in [0.25, 0.3) is 0 Å². The lowest BCUT2D eigenvalue weighted by Gasteiger charge is -2.25. The van der Waals surface area contributed by atoms with Gasteiger partial charge >= 0.3 is 10.4 Å². The van der Waals surface area contributed by atoms with Crippen molar-refractivity contribution in [3.8, 4) is 0 Å². The maximum atomic E-state index is 10.3. The highest BCUT2D eigenvalue weighted by atomic mass is 32.3. The molecule has 1 aliphatic rings. The van der Waals surface area contributed by atoms with Crippen molar-refractivity contribution in [3.05, 3.63) is 11.5 Å². The first-order valence-corrected chi connectivity index (χ1v) is 4.60. The van der Waals surface area contributed by atoms with Crippen LogP contribution in [0, 0.1) is 0 Å². The summed E-state index contributed by atoms with van der Waals surface area (Å²) in [7, 11) is -4.74. The fourth-order valence-electron chi connectivity index (χ4n) is 0.695. The smallest absolute Gasteiger partial charge is 0.395 e. The lowest BCUT2D eigenvalue weighted by Crippen LogP contribution is -2.43. The van der Waals surface area contributed by atoms with Crippen LogP contribution in [0.15, 0.2) is 16.5 Å². The van der Waals surface area contributed by atoms with Gasteiger partial charge in [-0.25, -0.2) is 4.99 Å². The molecule has 0 aromatic carbocycles. The van der Waals surface area contributed by atoms with E-state index in [2.05, 4.69) is 9.28 Å². The zero-order valence-corrected chi connectivity index (χ0v) is 7.55. The average molecular weight is 224 g/mol. The number of nitrogens with zero attached hydrogens (tertiary/aromatic N) is 2. The fourth-order valence-corrected chi connectivity index (χ4v) is 1.03. The van der Waals surface area contributed by atoms with Crippen LogP contribution in [0.5, 0.6) is 0 Å². The first-order chi connectivity index (χ1) is 6.31. The van der Waals surface area contributed by atoms with Crippen LogP contribution >= 0.6 is 0 Å². The van der Waals surface area contributed by atoms with E-state index in [-0.39, 0.29) is 11.5 Å². The summed E-state index contributed by atoms with van der Waals surface area (Å²) in [5.41, 5.74) is 10.1. The van der Waals surface area contributed by atoms with Crippen LogP contribution < -0.4 is 11.5 Å². The molecule has 0 radical (unpaired) electrons. The Labute approximate surface area is 79.2 Å². The third kappa shape index (κ3) is 2.32. The molecular formula is C4H8N4O5S. The zero-order valence-electron chi connectivity index (χ0n) is 6.73. The third-order valence-electron chi connectivity index (χ3n) is 1.31. The molecule has 10 heteroatoms. The maximum Gasteiger partial charge on any atom is 0.418 e. The second-order valence-electron chi connectivity index (χ2n) is 2.32. The Morgan fingerprint density at radius 3 is 2.64 bits per heavy atom. The molecule has 0 bridgehead atoms. The van der Waals surface area contributed by atoms with E-state index in [1.165, 1.54) is 0 Å². The van der Waals surface area contributed by atoms with Gasteiger partial charge in [0.15, 0.2) is 6.23 Å². The van der Waals surface area contributed by atoms with Crippen molar-refractivity contribution in [1.82, 2.24) is 5.06 Å². The predicted molar refractivity (Wildman–Crippen MR) is 44.4 cm³/mol. The van der Waals surface area contributed by atoms with Crippen molar-refractivity contribution in [2.45, 2.75) is 6.23 Å². The second-order valence-corrected chi connectivity index (χ2v) is 3.33. The first kappa shape index (κ1) is 10.7. The Morgan fingerprint density at radius 1 is 1.57 bits per heavy atom. The molecule has 0 aromatic heterocycles. The Bertz CT molecular complexity index is 387. The van der Waals surface area contributed by atoms with Crippen LogP contribution in [-0.2, 0) is 14.7 Å². The van der Waals surface area contributed by atoms with E-state index < -0.39 is 16.6 Å². The molecule has 0 saturated carbocycles. The van der Waals surface area contributed by atoms with Crippen LogP contribution in [0.25, 0.3) is 0 Å². The van der Waals surface area contributed by atoms with Gasteiger partial charge in [0.05, 0.1) is 0 Å². The summed E-state index contributed by atoms with van der Waals surface area (Å²) in [6, 6.07) is 0. The van der Waals surface area contributed by atoms with Crippen molar-refractivity contribution in [1.29, 1.82) is 0 Å². The van der Waals surface area contributed by atoms with E-state index in [9.17, 15) is 13.5 Å². The van der Waals surface area contributed by atoms with Gasteiger partial charge in [-0.3, -0.25) is 4.55 Å². The van der Waals surface area contributed by atoms with Crippen molar-refractivity contribution in [2.75, 3.05) is 0 Å². The van der Waals surface area contributed by atoms with Crippen LogP contribution in [0.3, 0.4) is 0 Å². The molecule has 0 amide bonds. The SMILES string of the molecule is NC1=C(N)[C@H](O)N(OS(=O)(=O)O)C=N1. The number of aliphatic hydroxyl groups excluding tert-OH is 1. The molecule has 9 nitrogen and oxygen atoms in total. The molecule has 0 spiro atoms. The summed E-state index contributed by atoms with van der Waals surface area (Å²) in [5.74, 6) is -0.160. The van der Waals surface area contributed by atoms with Crippen molar-refractivity contribution in [2.24, 2.45) is 16.5 Å². The average Bonchev–Trinajstić information content (AvgIpc) is 2.04. The van der Waals surface area contributed by atoms with Gasteiger partial charge in [-0.2, -0.15) is 13.5 Å². The molecule has 0 fully saturated rings. The van der Waals surface area contributed by atoms with Crippen LogP contribution in [0.2, 0.25) is 0 Å². The van der Waals surface area contributed by atoms with E-state index in [4.69, 9.17) is 16.0 Å². The van der Waals surface area contributed by atoms with Crippen LogP contribution in [-0.4, -0.2) is 35.7 Å². The quantitative estimate of drug-likeness (QED) is 0.375. The standard InChI is InChI=1S/C4H8N4O5S/c5-2-3(6)7-1-8(4(2)9)13-14(10,11)12/h1,4,9H,5-6H2,(H,10,11,12)/t4-/m0/s1. The summed E-state index contributed by atoms with van der Waals surface area (Å²) in [4.78, 5) is 3.40. The fraction of sp³-hybridized carbons (Fsp3) is 0.250. The highest BCUT2D eigenvalue weighted by Crippen LogP contribution is 2.11. The van der Waals surface area contributed by atoms with Crippen molar-refractivity contribution >= 4 is 16.7 Å². The molecule has 80 valence electrons. The lowest BCUT2D eigenvalue weighted by molar-refractivity contribution is -0.0946. The van der Waals surface area contributed by atoms with E-state index in [0.29, 0.717) is 5.06 Å². The Hall–Kier alpha value is -1.36. The lowest BCUT2D eigenvalue weighted by atomic mass is 10.3. The van der Waals surface area contributed by atoms with Crippen molar-refractivity contribution < 1.29 is 22.4 Å². The molecule has 0 unspecified atom stereocenters. The Balaban J connectivity index is 2.84. The number of hydroxylamine groups is 2. The van der Waals surface area contributed by atoms with Gasteiger partial charge in [-0.15, -0.1) is 4.28 Å². The monoisotopic (exact) mass is 224 g/mol. The molecule has 14 heavy (non-hydrogen) atoms. The van der Waals surface area contributed by atoms with Crippen LogP contribution in [0.4, 0.5) is 0 Å². The number of aliphatic hydroxyl groups is 1. The number of rotatable bonds is 2. The second kappa shape index (κ2) is 3.42. The topological polar surface area (TPSA) is 151 Å². The van der Waals surface area contributed by atoms with E-state index in [0.717, 1.165) is 6.34 Å². The maximum absolute atomic E-state index is 10.3. The number of nitrogens with two attached hydrogens (primary N) is 2. The summed E-state index contributed by atoms with van der Waals surface area (Å²) in [6.07, 6.45) is -0.848. The largest absolute Gasteiger partial charge is 0.418 e. The van der Waals surface area contributed by atoms with Gasteiger partial charge in [0.2, 0.25) is 0 Å². The minimum atomic E-state index is -4.74. The normalized spacial score (nSPS) is 23.0. The van der Waals surface area contributed by atoms with E-state index in [1.54, 1.807) is 0 Å². The molecule has 1 rings (SSSR count). The highest BCUT2D eigenvalue weighted by molar-refractivity contribution is 7.80. The number of hydrogen-bond acceptors (Lipinski definition) is 8. The van der Waals surface area contributed by atoms with Crippen LogP contribution in [0.1, 0.15) is 0 Å². The zero-order chi connectivity index (χ0) is 10.9. The molecule has 6 N–H and O–H groups in total. The highest BCUT2D eigenvalue weighted by Gasteiger charge is 2.26. The predicted octanol–water partition coefficient (Wildman–Crippen LogP) is -2.53. The van der Waals surface area contributed by atoms with Gasteiger partial charge in [0.1, 0.15) is 17.9 Å². The molecule has 0 saturated heterocycles. The number of aliphatic imine (C=N–C) groups is 1. The van der Waals surface area contributed by atoms with Gasteiger partial charge in [0, 0.05) is 0 Å². The van der Waals surface area contributed by atoms with Gasteiger partial charge in [-0.1, -0.05) is 0 Å².